The number of nitrogens with zero attached hydrogens (tertiary/aromatic N) is 2. The average molecular weight is 345 g/mol. The van der Waals surface area contributed by atoms with Gasteiger partial charge < -0.3 is 14.3 Å². The lowest BCUT2D eigenvalue weighted by Gasteiger charge is -2.09. The van der Waals surface area contributed by atoms with E-state index in [2.05, 4.69) is 10.2 Å². The molecule has 3 aromatic rings. The predicted molar refractivity (Wildman–Crippen MR) is 90.8 cm³/mol. The van der Waals surface area contributed by atoms with Crippen molar-refractivity contribution in [2.45, 2.75) is 26.1 Å². The number of hydrogen-bond donors (Lipinski definition) is 1. The second kappa shape index (κ2) is 7.47. The van der Waals surface area contributed by atoms with Gasteiger partial charge in [0.05, 0.1) is 6.10 Å². The lowest BCUT2D eigenvalue weighted by molar-refractivity contribution is 0.173. The fraction of sp³-hybridized carbons (Fsp3) is 0.222. The Balaban J connectivity index is 1.63. The van der Waals surface area contributed by atoms with E-state index in [4.69, 9.17) is 20.8 Å². The third-order valence-electron chi connectivity index (χ3n) is 3.55. The molecule has 3 rings (SSSR count). The minimum absolute atomic E-state index is 0.170. The Morgan fingerprint density at radius 2 is 1.96 bits per heavy atom. The molecule has 1 atom stereocenters. The van der Waals surface area contributed by atoms with Crippen LogP contribution in [0.4, 0.5) is 0 Å². The van der Waals surface area contributed by atoms with Gasteiger partial charge in [-0.05, 0) is 42.3 Å². The van der Waals surface area contributed by atoms with Crippen LogP contribution in [0.15, 0.2) is 52.9 Å². The topological polar surface area (TPSA) is 68.4 Å². The molecule has 0 fully saturated rings. The summed E-state index contributed by atoms with van der Waals surface area (Å²) < 4.78 is 11.2. The van der Waals surface area contributed by atoms with E-state index in [9.17, 15) is 5.11 Å². The molecule has 0 aliphatic rings. The highest BCUT2D eigenvalue weighted by molar-refractivity contribution is 6.30. The first-order chi connectivity index (χ1) is 11.7. The Morgan fingerprint density at radius 1 is 1.17 bits per heavy atom. The number of aliphatic hydroxyl groups is 1. The molecule has 0 bridgehead atoms. The fourth-order valence-electron chi connectivity index (χ4n) is 2.22. The van der Waals surface area contributed by atoms with Crippen LogP contribution in [-0.4, -0.2) is 15.3 Å². The highest BCUT2D eigenvalue weighted by atomic mass is 35.5. The molecule has 1 aromatic heterocycles. The van der Waals surface area contributed by atoms with E-state index in [0.717, 1.165) is 11.1 Å². The summed E-state index contributed by atoms with van der Waals surface area (Å²) in [6.07, 6.45) is 0.226. The molecule has 5 nitrogen and oxygen atoms in total. The Bertz CT molecular complexity index is 802. The number of benzene rings is 2. The molecule has 0 spiro atoms. The normalized spacial score (nSPS) is 12.1. The molecule has 124 valence electrons. The lowest BCUT2D eigenvalue weighted by Crippen LogP contribution is -1.97. The summed E-state index contributed by atoms with van der Waals surface area (Å²) in [4.78, 5) is 0. The van der Waals surface area contributed by atoms with Crippen molar-refractivity contribution in [2.75, 3.05) is 0 Å². The Hall–Kier alpha value is -2.37. The van der Waals surface area contributed by atoms with Crippen LogP contribution < -0.4 is 4.74 Å². The standard InChI is InChI=1S/C18H17ClN2O3/c1-2-16(22)12-6-8-15(9-7-12)23-11-17-20-21-18(24-17)13-4-3-5-14(19)10-13/h3-10,16,22H,2,11H2,1H3. The van der Waals surface area contributed by atoms with E-state index in [1.807, 2.05) is 43.3 Å². The number of rotatable bonds is 6. The van der Waals surface area contributed by atoms with Crippen LogP contribution in [0.2, 0.25) is 5.02 Å². The van der Waals surface area contributed by atoms with Crippen molar-refractivity contribution in [3.63, 3.8) is 0 Å². The van der Waals surface area contributed by atoms with E-state index in [1.165, 1.54) is 0 Å². The highest BCUT2D eigenvalue weighted by Gasteiger charge is 2.10. The van der Waals surface area contributed by atoms with Crippen LogP contribution in [0.25, 0.3) is 11.5 Å². The fourth-order valence-corrected chi connectivity index (χ4v) is 2.41. The van der Waals surface area contributed by atoms with E-state index >= 15 is 0 Å². The molecule has 1 N–H and O–H groups in total. The van der Waals surface area contributed by atoms with Gasteiger partial charge in [0.2, 0.25) is 5.89 Å². The van der Waals surface area contributed by atoms with E-state index in [0.29, 0.717) is 29.0 Å². The second-order valence-electron chi connectivity index (χ2n) is 5.29. The maximum atomic E-state index is 9.78. The summed E-state index contributed by atoms with van der Waals surface area (Å²) in [5, 5.41) is 18.4. The van der Waals surface area contributed by atoms with Gasteiger partial charge in [-0.15, -0.1) is 10.2 Å². The smallest absolute Gasteiger partial charge is 0.254 e. The first kappa shape index (κ1) is 16.5. The molecule has 6 heteroatoms. The van der Waals surface area contributed by atoms with E-state index in [-0.39, 0.29) is 6.61 Å². The van der Waals surface area contributed by atoms with Gasteiger partial charge in [-0.1, -0.05) is 36.7 Å². The Labute approximate surface area is 144 Å². The molecule has 1 heterocycles. The summed E-state index contributed by atoms with van der Waals surface area (Å²) in [6, 6.07) is 14.5. The molecule has 0 radical (unpaired) electrons. The SMILES string of the molecule is CCC(O)c1ccc(OCc2nnc(-c3cccc(Cl)c3)o2)cc1. The van der Waals surface area contributed by atoms with Gasteiger partial charge in [-0.3, -0.25) is 0 Å². The summed E-state index contributed by atoms with van der Waals surface area (Å²) in [5.74, 6) is 1.45. The predicted octanol–water partition coefficient (Wildman–Crippen LogP) is 4.41. The van der Waals surface area contributed by atoms with Crippen molar-refractivity contribution in [3.05, 3.63) is 65.0 Å². The summed E-state index contributed by atoms with van der Waals surface area (Å²) >= 11 is 5.96. The number of ether oxygens (including phenoxy) is 1. The van der Waals surface area contributed by atoms with E-state index in [1.54, 1.807) is 12.1 Å². The number of aliphatic hydroxyl groups excluding tert-OH is 1. The zero-order chi connectivity index (χ0) is 16.9. The van der Waals surface area contributed by atoms with Crippen molar-refractivity contribution in [1.29, 1.82) is 0 Å². The third kappa shape index (κ3) is 3.93. The quantitative estimate of drug-likeness (QED) is 0.717. The molecule has 24 heavy (non-hydrogen) atoms. The Kier molecular flexibility index (Phi) is 5.13. The highest BCUT2D eigenvalue weighted by Crippen LogP contribution is 2.23. The molecular weight excluding hydrogens is 328 g/mol. The van der Waals surface area contributed by atoms with Gasteiger partial charge in [0.15, 0.2) is 6.61 Å². The first-order valence-corrected chi connectivity index (χ1v) is 8.02. The molecular formula is C18H17ClN2O3. The summed E-state index contributed by atoms with van der Waals surface area (Å²) in [7, 11) is 0. The van der Waals surface area contributed by atoms with Crippen LogP contribution in [0.5, 0.6) is 5.75 Å². The van der Waals surface area contributed by atoms with Crippen LogP contribution in [0.3, 0.4) is 0 Å². The van der Waals surface area contributed by atoms with Crippen LogP contribution in [0.1, 0.15) is 30.9 Å². The van der Waals surface area contributed by atoms with Crippen LogP contribution >= 0.6 is 11.6 Å². The number of aromatic nitrogens is 2. The van der Waals surface area contributed by atoms with Crippen molar-refractivity contribution >= 4 is 11.6 Å². The molecule has 0 amide bonds. The summed E-state index contributed by atoms with van der Waals surface area (Å²) in [6.45, 7) is 2.10. The molecule has 0 saturated heterocycles. The van der Waals surface area contributed by atoms with Crippen LogP contribution in [0, 0.1) is 0 Å². The van der Waals surface area contributed by atoms with Gasteiger partial charge >= 0.3 is 0 Å². The van der Waals surface area contributed by atoms with Gasteiger partial charge in [0.1, 0.15) is 5.75 Å². The molecule has 0 saturated carbocycles. The average Bonchev–Trinajstić information content (AvgIpc) is 3.09. The van der Waals surface area contributed by atoms with Crippen molar-refractivity contribution in [2.24, 2.45) is 0 Å². The van der Waals surface area contributed by atoms with Gasteiger partial charge in [0.25, 0.3) is 5.89 Å². The first-order valence-electron chi connectivity index (χ1n) is 7.65. The number of halogens is 1. The van der Waals surface area contributed by atoms with Gasteiger partial charge in [-0.2, -0.15) is 0 Å². The van der Waals surface area contributed by atoms with Gasteiger partial charge in [0, 0.05) is 10.6 Å². The number of hydrogen-bond acceptors (Lipinski definition) is 5. The van der Waals surface area contributed by atoms with Crippen molar-refractivity contribution < 1.29 is 14.3 Å². The molecule has 1 unspecified atom stereocenters. The van der Waals surface area contributed by atoms with Crippen molar-refractivity contribution in [3.8, 4) is 17.2 Å². The lowest BCUT2D eigenvalue weighted by atomic mass is 10.1. The molecule has 0 aliphatic heterocycles. The van der Waals surface area contributed by atoms with Crippen LogP contribution in [-0.2, 0) is 6.61 Å². The second-order valence-corrected chi connectivity index (χ2v) is 5.73. The molecule has 2 aromatic carbocycles. The molecule has 0 aliphatic carbocycles. The monoisotopic (exact) mass is 344 g/mol. The Morgan fingerprint density at radius 3 is 2.67 bits per heavy atom. The minimum atomic E-state index is -0.449. The maximum Gasteiger partial charge on any atom is 0.254 e. The van der Waals surface area contributed by atoms with E-state index < -0.39 is 6.10 Å². The summed E-state index contributed by atoms with van der Waals surface area (Å²) in [5.41, 5.74) is 1.63. The van der Waals surface area contributed by atoms with Gasteiger partial charge in [-0.25, -0.2) is 0 Å². The zero-order valence-corrected chi connectivity index (χ0v) is 13.9. The largest absolute Gasteiger partial charge is 0.484 e. The van der Waals surface area contributed by atoms with Crippen molar-refractivity contribution in [1.82, 2.24) is 10.2 Å². The maximum absolute atomic E-state index is 9.78. The third-order valence-corrected chi connectivity index (χ3v) is 3.79. The minimum Gasteiger partial charge on any atom is -0.484 e. The zero-order valence-electron chi connectivity index (χ0n) is 13.1.